The van der Waals surface area contributed by atoms with Crippen LogP contribution in [0.15, 0.2) is 18.2 Å². The molecule has 4 heteroatoms. The molecule has 0 saturated heterocycles. The summed E-state index contributed by atoms with van der Waals surface area (Å²) in [5.41, 5.74) is 2.92. The number of hydrogen-bond donors (Lipinski definition) is 1. The van der Waals surface area contributed by atoms with Crippen LogP contribution >= 0.6 is 0 Å². The molecule has 1 aromatic rings. The molecule has 0 unspecified atom stereocenters. The van der Waals surface area contributed by atoms with Gasteiger partial charge in [0, 0.05) is 19.2 Å². The molecule has 1 fully saturated rings. The molecule has 1 aromatic carbocycles. The van der Waals surface area contributed by atoms with E-state index in [-0.39, 0.29) is 12.7 Å². The fourth-order valence-corrected chi connectivity index (χ4v) is 2.41. The van der Waals surface area contributed by atoms with Crippen LogP contribution in [0.1, 0.15) is 50.3 Å². The van der Waals surface area contributed by atoms with Crippen molar-refractivity contribution in [3.8, 4) is 0 Å². The number of benzene rings is 1. The van der Waals surface area contributed by atoms with Gasteiger partial charge < -0.3 is 14.7 Å². The summed E-state index contributed by atoms with van der Waals surface area (Å²) in [6.45, 7) is 8.44. The molecule has 122 valence electrons. The molecule has 2 rings (SSSR count). The minimum Gasteiger partial charge on any atom is -0.444 e. The predicted molar refractivity (Wildman–Crippen MR) is 86.8 cm³/mol. The van der Waals surface area contributed by atoms with Gasteiger partial charge in [-0.2, -0.15) is 0 Å². The Kier molecular flexibility index (Phi) is 5.12. The topological polar surface area (TPSA) is 49.8 Å². The standard InChI is InChI=1S/C18H27NO3/c1-13-5-6-14(9-10-20)11-15(13)12-19(16-7-8-16)17(21)22-18(2,3)4/h5-6,11,16,20H,7-10,12H2,1-4H3. The van der Waals surface area contributed by atoms with Gasteiger partial charge in [0.1, 0.15) is 5.60 Å². The Morgan fingerprint density at radius 3 is 2.59 bits per heavy atom. The highest BCUT2D eigenvalue weighted by molar-refractivity contribution is 5.69. The first kappa shape index (κ1) is 16.8. The van der Waals surface area contributed by atoms with Gasteiger partial charge in [-0.15, -0.1) is 0 Å². The Labute approximate surface area is 133 Å². The number of amides is 1. The number of carbonyl (C=O) groups is 1. The minimum absolute atomic E-state index is 0.140. The van der Waals surface area contributed by atoms with Crippen LogP contribution < -0.4 is 0 Å². The predicted octanol–water partition coefficient (Wildman–Crippen LogP) is 3.43. The molecule has 1 N–H and O–H groups in total. The quantitative estimate of drug-likeness (QED) is 0.906. The van der Waals surface area contributed by atoms with E-state index in [9.17, 15) is 4.79 Å². The molecular formula is C18H27NO3. The average molecular weight is 305 g/mol. The summed E-state index contributed by atoms with van der Waals surface area (Å²) in [6, 6.07) is 6.48. The molecule has 22 heavy (non-hydrogen) atoms. The lowest BCUT2D eigenvalue weighted by molar-refractivity contribution is 0.0216. The molecule has 0 radical (unpaired) electrons. The first-order valence-corrected chi connectivity index (χ1v) is 7.99. The molecular weight excluding hydrogens is 278 g/mol. The van der Waals surface area contributed by atoms with Gasteiger partial charge in [0.2, 0.25) is 0 Å². The number of carbonyl (C=O) groups excluding carboxylic acids is 1. The van der Waals surface area contributed by atoms with Crippen molar-refractivity contribution in [3.63, 3.8) is 0 Å². The van der Waals surface area contributed by atoms with Gasteiger partial charge >= 0.3 is 6.09 Å². The van der Waals surface area contributed by atoms with Crippen molar-refractivity contribution in [1.82, 2.24) is 4.90 Å². The Morgan fingerprint density at radius 1 is 1.36 bits per heavy atom. The number of hydrogen-bond acceptors (Lipinski definition) is 3. The second-order valence-electron chi connectivity index (χ2n) is 7.07. The highest BCUT2D eigenvalue weighted by Crippen LogP contribution is 2.30. The lowest BCUT2D eigenvalue weighted by Gasteiger charge is -2.28. The Morgan fingerprint density at radius 2 is 2.05 bits per heavy atom. The van der Waals surface area contributed by atoms with Gasteiger partial charge in [0.15, 0.2) is 0 Å². The summed E-state index contributed by atoms with van der Waals surface area (Å²) < 4.78 is 5.54. The van der Waals surface area contributed by atoms with Gasteiger partial charge in [-0.3, -0.25) is 0 Å². The zero-order chi connectivity index (χ0) is 16.3. The number of rotatable bonds is 5. The number of aliphatic hydroxyl groups excluding tert-OH is 1. The molecule has 0 aromatic heterocycles. The normalized spacial score (nSPS) is 14.8. The number of ether oxygens (including phenoxy) is 1. The monoisotopic (exact) mass is 305 g/mol. The molecule has 1 aliphatic carbocycles. The van der Waals surface area contributed by atoms with Crippen LogP contribution in [0.2, 0.25) is 0 Å². The van der Waals surface area contributed by atoms with Crippen molar-refractivity contribution >= 4 is 6.09 Å². The van der Waals surface area contributed by atoms with Crippen LogP contribution in [-0.4, -0.2) is 34.3 Å². The van der Waals surface area contributed by atoms with Crippen molar-refractivity contribution in [2.24, 2.45) is 0 Å². The first-order valence-electron chi connectivity index (χ1n) is 7.99. The van der Waals surface area contributed by atoms with E-state index in [1.54, 1.807) is 0 Å². The molecule has 1 amide bonds. The zero-order valence-corrected chi connectivity index (χ0v) is 14.1. The molecule has 1 saturated carbocycles. The largest absolute Gasteiger partial charge is 0.444 e. The maximum Gasteiger partial charge on any atom is 0.410 e. The molecule has 0 bridgehead atoms. The fraction of sp³-hybridized carbons (Fsp3) is 0.611. The second-order valence-corrected chi connectivity index (χ2v) is 7.07. The summed E-state index contributed by atoms with van der Waals surface area (Å²) in [5.74, 6) is 0. The van der Waals surface area contributed by atoms with Crippen molar-refractivity contribution in [1.29, 1.82) is 0 Å². The number of aliphatic hydroxyl groups is 1. The van der Waals surface area contributed by atoms with E-state index in [2.05, 4.69) is 19.1 Å². The average Bonchev–Trinajstić information content (AvgIpc) is 3.21. The van der Waals surface area contributed by atoms with Gasteiger partial charge in [-0.05, 0) is 63.6 Å². The smallest absolute Gasteiger partial charge is 0.410 e. The van der Waals surface area contributed by atoms with E-state index < -0.39 is 5.60 Å². The van der Waals surface area contributed by atoms with Crippen LogP contribution in [0.4, 0.5) is 4.79 Å². The van der Waals surface area contributed by atoms with Crippen molar-refractivity contribution in [2.45, 2.75) is 65.1 Å². The number of aryl methyl sites for hydroxylation is 1. The van der Waals surface area contributed by atoms with Gasteiger partial charge in [0.25, 0.3) is 0 Å². The summed E-state index contributed by atoms with van der Waals surface area (Å²) >= 11 is 0. The summed E-state index contributed by atoms with van der Waals surface area (Å²) in [5, 5.41) is 9.09. The van der Waals surface area contributed by atoms with E-state index in [0.29, 0.717) is 19.0 Å². The maximum absolute atomic E-state index is 12.4. The molecule has 0 spiro atoms. The molecule has 4 nitrogen and oxygen atoms in total. The van der Waals surface area contributed by atoms with Gasteiger partial charge in [-0.25, -0.2) is 4.79 Å². The SMILES string of the molecule is Cc1ccc(CCO)cc1CN(C(=O)OC(C)(C)C)C1CC1. The van der Waals surface area contributed by atoms with Crippen molar-refractivity contribution in [2.75, 3.05) is 6.61 Å². The molecule has 0 aliphatic heterocycles. The first-order chi connectivity index (χ1) is 10.3. The lowest BCUT2D eigenvalue weighted by Crippen LogP contribution is -2.38. The third-order valence-corrected chi connectivity index (χ3v) is 3.77. The molecule has 1 aliphatic rings. The Balaban J connectivity index is 2.14. The molecule has 0 heterocycles. The van der Waals surface area contributed by atoms with Crippen LogP contribution in [0.3, 0.4) is 0 Å². The van der Waals surface area contributed by atoms with Crippen LogP contribution in [0.5, 0.6) is 0 Å². The van der Waals surface area contributed by atoms with E-state index in [4.69, 9.17) is 9.84 Å². The van der Waals surface area contributed by atoms with E-state index in [0.717, 1.165) is 29.5 Å². The van der Waals surface area contributed by atoms with Crippen LogP contribution in [0.25, 0.3) is 0 Å². The fourth-order valence-electron chi connectivity index (χ4n) is 2.41. The second kappa shape index (κ2) is 6.69. The van der Waals surface area contributed by atoms with E-state index >= 15 is 0 Å². The van der Waals surface area contributed by atoms with Crippen LogP contribution in [-0.2, 0) is 17.7 Å². The third-order valence-electron chi connectivity index (χ3n) is 3.77. The summed E-state index contributed by atoms with van der Waals surface area (Å²) in [4.78, 5) is 14.3. The van der Waals surface area contributed by atoms with Crippen LogP contribution in [0, 0.1) is 6.92 Å². The van der Waals surface area contributed by atoms with Gasteiger partial charge in [-0.1, -0.05) is 18.2 Å². The Bertz CT molecular complexity index is 530. The number of nitrogens with zero attached hydrogens (tertiary/aromatic N) is 1. The lowest BCUT2D eigenvalue weighted by atomic mass is 10.0. The van der Waals surface area contributed by atoms with E-state index in [1.807, 2.05) is 31.7 Å². The summed E-state index contributed by atoms with van der Waals surface area (Å²) in [6.07, 6.45) is 2.51. The van der Waals surface area contributed by atoms with Crippen molar-refractivity contribution < 1.29 is 14.6 Å². The maximum atomic E-state index is 12.4. The highest BCUT2D eigenvalue weighted by atomic mass is 16.6. The van der Waals surface area contributed by atoms with Crippen molar-refractivity contribution in [3.05, 3.63) is 34.9 Å². The Hall–Kier alpha value is -1.55. The molecule has 0 atom stereocenters. The zero-order valence-electron chi connectivity index (χ0n) is 14.1. The van der Waals surface area contributed by atoms with Gasteiger partial charge in [0.05, 0.1) is 0 Å². The third kappa shape index (κ3) is 4.73. The highest BCUT2D eigenvalue weighted by Gasteiger charge is 2.35. The summed E-state index contributed by atoms with van der Waals surface area (Å²) in [7, 11) is 0. The van der Waals surface area contributed by atoms with E-state index in [1.165, 1.54) is 0 Å². The minimum atomic E-state index is -0.474.